The van der Waals surface area contributed by atoms with Gasteiger partial charge >= 0.3 is 0 Å². The maximum absolute atomic E-state index is 13.4. The Balaban J connectivity index is 1.20. The number of amides is 1. The van der Waals surface area contributed by atoms with Crippen molar-refractivity contribution in [1.82, 2.24) is 24.8 Å². The van der Waals surface area contributed by atoms with Crippen molar-refractivity contribution in [2.45, 2.75) is 38.1 Å². The quantitative estimate of drug-likeness (QED) is 0.691. The maximum atomic E-state index is 13.4. The van der Waals surface area contributed by atoms with Crippen LogP contribution >= 0.6 is 0 Å². The van der Waals surface area contributed by atoms with Gasteiger partial charge in [0, 0.05) is 56.2 Å². The topological polar surface area (TPSA) is 65.8 Å². The Bertz CT molecular complexity index is 1140. The minimum Gasteiger partial charge on any atom is -0.354 e. The van der Waals surface area contributed by atoms with E-state index >= 15 is 0 Å². The van der Waals surface area contributed by atoms with E-state index in [1.54, 1.807) is 0 Å². The molecule has 2 fully saturated rings. The third kappa shape index (κ3) is 3.26. The Kier molecular flexibility index (Phi) is 4.86. The molecule has 0 radical (unpaired) electrons. The van der Waals surface area contributed by atoms with E-state index in [2.05, 4.69) is 57.5 Å². The van der Waals surface area contributed by atoms with Gasteiger partial charge in [0.05, 0.1) is 17.8 Å². The number of nitrogens with zero attached hydrogens (tertiary/aromatic N) is 5. The second kappa shape index (κ2) is 7.89. The SMILES string of the molecule is CC1CC(c2ccccc2)CN1C(=O)C1CN(c2c3c(nc4ccnn24)CCNCC3)C1. The van der Waals surface area contributed by atoms with Crippen LogP contribution in [0.2, 0.25) is 0 Å². The van der Waals surface area contributed by atoms with Crippen molar-refractivity contribution in [3.8, 4) is 0 Å². The molecule has 166 valence electrons. The van der Waals surface area contributed by atoms with Crippen molar-refractivity contribution in [3.05, 3.63) is 59.4 Å². The summed E-state index contributed by atoms with van der Waals surface area (Å²) in [4.78, 5) is 22.7. The van der Waals surface area contributed by atoms with Gasteiger partial charge in [-0.1, -0.05) is 30.3 Å². The Morgan fingerprint density at radius 3 is 2.72 bits per heavy atom. The fraction of sp³-hybridized carbons (Fsp3) is 0.480. The van der Waals surface area contributed by atoms with Crippen molar-refractivity contribution in [2.24, 2.45) is 5.92 Å². The first kappa shape index (κ1) is 19.7. The summed E-state index contributed by atoms with van der Waals surface area (Å²) in [6.07, 6.45) is 4.75. The minimum atomic E-state index is 0.0605. The lowest BCUT2D eigenvalue weighted by Gasteiger charge is -2.43. The second-order valence-electron chi connectivity index (χ2n) is 9.50. The molecule has 32 heavy (non-hydrogen) atoms. The molecule has 2 atom stereocenters. The Morgan fingerprint density at radius 2 is 1.88 bits per heavy atom. The highest BCUT2D eigenvalue weighted by molar-refractivity contribution is 5.83. The maximum Gasteiger partial charge on any atom is 0.229 e. The van der Waals surface area contributed by atoms with Crippen LogP contribution < -0.4 is 10.2 Å². The van der Waals surface area contributed by atoms with Crippen molar-refractivity contribution in [2.75, 3.05) is 37.6 Å². The summed E-state index contributed by atoms with van der Waals surface area (Å²) in [6, 6.07) is 12.9. The van der Waals surface area contributed by atoms with Crippen LogP contribution in [0.5, 0.6) is 0 Å². The van der Waals surface area contributed by atoms with Gasteiger partial charge in [0.1, 0.15) is 5.82 Å². The molecule has 7 heteroatoms. The number of nitrogens with one attached hydrogen (secondary N) is 1. The number of hydrogen-bond donors (Lipinski definition) is 1. The third-order valence-corrected chi connectivity index (χ3v) is 7.44. The molecule has 2 saturated heterocycles. The van der Waals surface area contributed by atoms with Gasteiger partial charge in [-0.2, -0.15) is 9.61 Å². The molecule has 2 unspecified atom stereocenters. The van der Waals surface area contributed by atoms with E-state index in [0.29, 0.717) is 17.9 Å². The Labute approximate surface area is 188 Å². The molecule has 1 N–H and O–H groups in total. The summed E-state index contributed by atoms with van der Waals surface area (Å²) >= 11 is 0. The van der Waals surface area contributed by atoms with E-state index < -0.39 is 0 Å². The number of aromatic nitrogens is 3. The van der Waals surface area contributed by atoms with Crippen molar-refractivity contribution < 1.29 is 4.79 Å². The summed E-state index contributed by atoms with van der Waals surface area (Å²) in [5, 5.41) is 8.04. The first-order valence-corrected chi connectivity index (χ1v) is 11.9. The molecule has 6 rings (SSSR count). The molecule has 0 bridgehead atoms. The molecule has 1 aromatic carbocycles. The average molecular weight is 431 g/mol. The zero-order valence-electron chi connectivity index (χ0n) is 18.6. The monoisotopic (exact) mass is 430 g/mol. The summed E-state index contributed by atoms with van der Waals surface area (Å²) < 4.78 is 1.97. The predicted octanol–water partition coefficient (Wildman–Crippen LogP) is 2.26. The van der Waals surface area contributed by atoms with Crippen LogP contribution in [0.3, 0.4) is 0 Å². The lowest BCUT2D eigenvalue weighted by atomic mass is 9.96. The molecule has 0 aliphatic carbocycles. The first-order valence-electron chi connectivity index (χ1n) is 11.9. The highest BCUT2D eigenvalue weighted by Crippen LogP contribution is 2.36. The summed E-state index contributed by atoms with van der Waals surface area (Å²) in [7, 11) is 0. The van der Waals surface area contributed by atoms with Gasteiger partial charge in [-0.05, 0) is 31.9 Å². The molecule has 2 aromatic heterocycles. The molecule has 3 aliphatic heterocycles. The molecule has 0 saturated carbocycles. The van der Waals surface area contributed by atoms with Gasteiger partial charge < -0.3 is 15.1 Å². The van der Waals surface area contributed by atoms with Gasteiger partial charge in [-0.15, -0.1) is 0 Å². The average Bonchev–Trinajstić information content (AvgIpc) is 3.33. The first-order chi connectivity index (χ1) is 15.7. The van der Waals surface area contributed by atoms with Gasteiger partial charge in [-0.3, -0.25) is 4.79 Å². The van der Waals surface area contributed by atoms with Gasteiger partial charge in [-0.25, -0.2) is 4.98 Å². The number of hydrogen-bond acceptors (Lipinski definition) is 5. The molecular formula is C25H30N6O. The molecule has 3 aromatic rings. The Hall–Kier alpha value is -2.93. The van der Waals surface area contributed by atoms with Crippen LogP contribution in [0.4, 0.5) is 5.82 Å². The van der Waals surface area contributed by atoms with Crippen LogP contribution in [-0.4, -0.2) is 64.2 Å². The molecule has 7 nitrogen and oxygen atoms in total. The number of likely N-dealkylation sites (tertiary alicyclic amines) is 1. The van der Waals surface area contributed by atoms with E-state index in [1.807, 2.05) is 16.8 Å². The van der Waals surface area contributed by atoms with Crippen LogP contribution in [0.15, 0.2) is 42.6 Å². The second-order valence-corrected chi connectivity index (χ2v) is 9.50. The van der Waals surface area contributed by atoms with Gasteiger partial charge in [0.15, 0.2) is 5.65 Å². The Morgan fingerprint density at radius 1 is 1.06 bits per heavy atom. The van der Waals surface area contributed by atoms with Crippen LogP contribution in [-0.2, 0) is 17.6 Å². The molecule has 0 spiro atoms. The van der Waals surface area contributed by atoms with E-state index in [-0.39, 0.29) is 5.92 Å². The normalized spacial score (nSPS) is 23.8. The lowest BCUT2D eigenvalue weighted by molar-refractivity contribution is -0.136. The number of carbonyl (C=O) groups excluding carboxylic acids is 1. The van der Waals surface area contributed by atoms with E-state index in [9.17, 15) is 4.79 Å². The van der Waals surface area contributed by atoms with E-state index in [0.717, 1.165) is 63.5 Å². The fourth-order valence-electron chi connectivity index (χ4n) is 5.69. The zero-order valence-corrected chi connectivity index (χ0v) is 18.6. The van der Waals surface area contributed by atoms with E-state index in [4.69, 9.17) is 4.98 Å². The predicted molar refractivity (Wildman–Crippen MR) is 124 cm³/mol. The smallest absolute Gasteiger partial charge is 0.229 e. The highest BCUT2D eigenvalue weighted by atomic mass is 16.2. The molecule has 5 heterocycles. The number of benzene rings is 1. The van der Waals surface area contributed by atoms with Crippen LogP contribution in [0, 0.1) is 5.92 Å². The molecular weight excluding hydrogens is 400 g/mol. The zero-order chi connectivity index (χ0) is 21.7. The molecule has 1 amide bonds. The largest absolute Gasteiger partial charge is 0.354 e. The summed E-state index contributed by atoms with van der Waals surface area (Å²) in [5.41, 5.74) is 4.70. The summed E-state index contributed by atoms with van der Waals surface area (Å²) in [5.74, 6) is 1.95. The third-order valence-electron chi connectivity index (χ3n) is 7.44. The summed E-state index contributed by atoms with van der Waals surface area (Å²) in [6.45, 7) is 6.46. The van der Waals surface area contributed by atoms with Gasteiger partial charge in [0.25, 0.3) is 0 Å². The van der Waals surface area contributed by atoms with E-state index in [1.165, 1.54) is 16.8 Å². The number of fused-ring (bicyclic) bond motifs is 2. The van der Waals surface area contributed by atoms with Gasteiger partial charge in [0.2, 0.25) is 5.91 Å². The van der Waals surface area contributed by atoms with Crippen LogP contribution in [0.1, 0.15) is 36.1 Å². The van der Waals surface area contributed by atoms with Crippen molar-refractivity contribution in [1.29, 1.82) is 0 Å². The minimum absolute atomic E-state index is 0.0605. The number of anilines is 1. The molecule has 3 aliphatic rings. The van der Waals surface area contributed by atoms with Crippen molar-refractivity contribution in [3.63, 3.8) is 0 Å². The highest BCUT2D eigenvalue weighted by Gasteiger charge is 2.42. The standard InChI is InChI=1S/C25H30N6O/c1-17-13-19(18-5-3-2-4-6-18)16-30(17)25(32)20-14-29(15-20)24-21-7-10-26-11-8-22(21)28-23-9-12-27-31(23)24/h2-6,9,12,17,19-20,26H,7-8,10-11,13-16H2,1H3. The number of rotatable bonds is 3. The lowest BCUT2D eigenvalue weighted by Crippen LogP contribution is -2.56. The van der Waals surface area contributed by atoms with Crippen LogP contribution in [0.25, 0.3) is 5.65 Å². The fourth-order valence-corrected chi connectivity index (χ4v) is 5.69. The van der Waals surface area contributed by atoms with Crippen molar-refractivity contribution >= 4 is 17.4 Å². The number of carbonyl (C=O) groups is 1.